The standard InChI is InChI=1S/C21H17F3N2OS/c1-28-19-11-10-14(20(27)26-16-7-3-2-4-8-16)12-18(19)25-17-9-5-6-15(13-17)21(22,23)24/h2-13,25H,1H3,(H,26,27). The minimum Gasteiger partial charge on any atom is -0.355 e. The number of nitrogens with one attached hydrogen (secondary N) is 2. The van der Waals surface area contributed by atoms with Gasteiger partial charge in [0.25, 0.3) is 5.91 Å². The van der Waals surface area contributed by atoms with Crippen LogP contribution in [0.1, 0.15) is 15.9 Å². The molecule has 0 aliphatic rings. The van der Waals surface area contributed by atoms with E-state index in [9.17, 15) is 18.0 Å². The monoisotopic (exact) mass is 402 g/mol. The van der Waals surface area contributed by atoms with Gasteiger partial charge in [0.2, 0.25) is 0 Å². The highest BCUT2D eigenvalue weighted by atomic mass is 32.2. The lowest BCUT2D eigenvalue weighted by molar-refractivity contribution is -0.137. The van der Waals surface area contributed by atoms with Crippen molar-refractivity contribution >= 4 is 34.7 Å². The second-order valence-corrected chi connectivity index (χ2v) is 6.79. The van der Waals surface area contributed by atoms with Crippen molar-refractivity contribution in [1.82, 2.24) is 0 Å². The molecule has 7 heteroatoms. The van der Waals surface area contributed by atoms with Crippen LogP contribution >= 0.6 is 11.8 Å². The number of para-hydroxylation sites is 1. The van der Waals surface area contributed by atoms with Crippen LogP contribution in [0.2, 0.25) is 0 Å². The summed E-state index contributed by atoms with van der Waals surface area (Å²) in [6.07, 6.45) is -2.56. The maximum absolute atomic E-state index is 12.9. The van der Waals surface area contributed by atoms with Gasteiger partial charge in [0.05, 0.1) is 11.3 Å². The lowest BCUT2D eigenvalue weighted by Crippen LogP contribution is -2.12. The van der Waals surface area contributed by atoms with Crippen molar-refractivity contribution in [2.45, 2.75) is 11.1 Å². The Morgan fingerprint density at radius 1 is 0.893 bits per heavy atom. The molecular weight excluding hydrogens is 385 g/mol. The summed E-state index contributed by atoms with van der Waals surface area (Å²) in [6.45, 7) is 0. The van der Waals surface area contributed by atoms with Gasteiger partial charge >= 0.3 is 6.18 Å². The maximum atomic E-state index is 12.9. The molecule has 144 valence electrons. The van der Waals surface area contributed by atoms with Crippen LogP contribution in [-0.4, -0.2) is 12.2 Å². The van der Waals surface area contributed by atoms with Gasteiger partial charge < -0.3 is 10.6 Å². The SMILES string of the molecule is CSc1ccc(C(=O)Nc2ccccc2)cc1Nc1cccc(C(F)(F)F)c1. The lowest BCUT2D eigenvalue weighted by atomic mass is 10.1. The van der Waals surface area contributed by atoms with Gasteiger partial charge in [-0.1, -0.05) is 24.3 Å². The summed E-state index contributed by atoms with van der Waals surface area (Å²) in [7, 11) is 0. The molecule has 0 heterocycles. The van der Waals surface area contributed by atoms with Crippen molar-refractivity contribution in [3.63, 3.8) is 0 Å². The van der Waals surface area contributed by atoms with Crippen molar-refractivity contribution in [3.8, 4) is 0 Å². The van der Waals surface area contributed by atoms with E-state index < -0.39 is 11.7 Å². The van der Waals surface area contributed by atoms with Crippen molar-refractivity contribution in [1.29, 1.82) is 0 Å². The Morgan fingerprint density at radius 2 is 1.61 bits per heavy atom. The molecule has 0 aliphatic carbocycles. The van der Waals surface area contributed by atoms with Crippen LogP contribution in [0, 0.1) is 0 Å². The highest BCUT2D eigenvalue weighted by Gasteiger charge is 2.30. The molecule has 1 amide bonds. The zero-order valence-corrected chi connectivity index (χ0v) is 15.7. The fourth-order valence-electron chi connectivity index (χ4n) is 2.60. The number of carbonyl (C=O) groups excluding carboxylic acids is 1. The third kappa shape index (κ3) is 4.86. The molecule has 0 radical (unpaired) electrons. The molecule has 0 saturated carbocycles. The van der Waals surface area contributed by atoms with Crippen molar-refractivity contribution < 1.29 is 18.0 Å². The number of amides is 1. The predicted molar refractivity (Wildman–Crippen MR) is 107 cm³/mol. The Bertz CT molecular complexity index is 975. The number of alkyl halides is 3. The first-order chi connectivity index (χ1) is 13.4. The van der Waals surface area contributed by atoms with Crippen LogP contribution in [0.25, 0.3) is 0 Å². The Kier molecular flexibility index (Phi) is 5.94. The average molecular weight is 402 g/mol. The average Bonchev–Trinajstić information content (AvgIpc) is 2.68. The molecular formula is C21H17F3N2OS. The molecule has 28 heavy (non-hydrogen) atoms. The molecule has 0 spiro atoms. The molecule has 0 saturated heterocycles. The Balaban J connectivity index is 1.86. The van der Waals surface area contributed by atoms with Gasteiger partial charge in [-0.2, -0.15) is 13.2 Å². The van der Waals surface area contributed by atoms with Gasteiger partial charge in [-0.15, -0.1) is 11.8 Å². The molecule has 0 atom stereocenters. The molecule has 3 aromatic rings. The van der Waals surface area contributed by atoms with E-state index in [1.807, 2.05) is 24.5 Å². The molecule has 2 N–H and O–H groups in total. The topological polar surface area (TPSA) is 41.1 Å². The third-order valence-corrected chi connectivity index (χ3v) is 4.76. The van der Waals surface area contributed by atoms with Crippen LogP contribution in [0.4, 0.5) is 30.2 Å². The van der Waals surface area contributed by atoms with Crippen molar-refractivity contribution in [2.24, 2.45) is 0 Å². The van der Waals surface area contributed by atoms with Gasteiger partial charge in [0.15, 0.2) is 0 Å². The van der Waals surface area contributed by atoms with Gasteiger partial charge in [-0.05, 0) is 54.8 Å². The van der Waals surface area contributed by atoms with E-state index in [-0.39, 0.29) is 5.91 Å². The van der Waals surface area contributed by atoms with Crippen LogP contribution < -0.4 is 10.6 Å². The van der Waals surface area contributed by atoms with Crippen LogP contribution in [0.5, 0.6) is 0 Å². The van der Waals surface area contributed by atoms with E-state index >= 15 is 0 Å². The van der Waals surface area contributed by atoms with Gasteiger partial charge in [0, 0.05) is 21.8 Å². The highest BCUT2D eigenvalue weighted by molar-refractivity contribution is 7.98. The summed E-state index contributed by atoms with van der Waals surface area (Å²) < 4.78 is 38.8. The molecule has 0 aromatic heterocycles. The summed E-state index contributed by atoms with van der Waals surface area (Å²) >= 11 is 1.43. The van der Waals surface area contributed by atoms with E-state index in [2.05, 4.69) is 10.6 Å². The predicted octanol–water partition coefficient (Wildman–Crippen LogP) is 6.42. The number of anilines is 3. The Hall–Kier alpha value is -2.93. The second kappa shape index (κ2) is 8.39. The number of thioether (sulfide) groups is 1. The van der Waals surface area contributed by atoms with E-state index in [4.69, 9.17) is 0 Å². The fraction of sp³-hybridized carbons (Fsp3) is 0.0952. The lowest BCUT2D eigenvalue weighted by Gasteiger charge is -2.14. The van der Waals surface area contributed by atoms with Crippen molar-refractivity contribution in [3.05, 3.63) is 83.9 Å². The third-order valence-electron chi connectivity index (χ3n) is 3.96. The summed E-state index contributed by atoms with van der Waals surface area (Å²) in [4.78, 5) is 13.3. The van der Waals surface area contributed by atoms with Crippen LogP contribution in [-0.2, 0) is 6.18 Å². The number of halogens is 3. The Labute approximate surface area is 165 Å². The van der Waals surface area contributed by atoms with Crippen LogP contribution in [0.15, 0.2) is 77.7 Å². The van der Waals surface area contributed by atoms with E-state index in [1.165, 1.54) is 17.8 Å². The fourth-order valence-corrected chi connectivity index (χ4v) is 3.13. The summed E-state index contributed by atoms with van der Waals surface area (Å²) in [5, 5.41) is 5.79. The number of benzene rings is 3. The van der Waals surface area contributed by atoms with Crippen LogP contribution in [0.3, 0.4) is 0 Å². The largest absolute Gasteiger partial charge is 0.416 e. The van der Waals surface area contributed by atoms with Crippen molar-refractivity contribution in [2.75, 3.05) is 16.9 Å². The van der Waals surface area contributed by atoms with E-state index in [0.717, 1.165) is 17.0 Å². The molecule has 0 fully saturated rings. The van der Waals surface area contributed by atoms with Gasteiger partial charge in [0.1, 0.15) is 0 Å². The zero-order valence-electron chi connectivity index (χ0n) is 14.9. The smallest absolute Gasteiger partial charge is 0.355 e. The first-order valence-electron chi connectivity index (χ1n) is 8.35. The number of hydrogen-bond donors (Lipinski definition) is 2. The molecule has 0 aliphatic heterocycles. The van der Waals surface area contributed by atoms with Gasteiger partial charge in [-0.3, -0.25) is 4.79 Å². The molecule has 3 nitrogen and oxygen atoms in total. The minimum absolute atomic E-state index is 0.297. The number of carbonyl (C=O) groups is 1. The normalized spacial score (nSPS) is 11.1. The summed E-state index contributed by atoms with van der Waals surface area (Å²) in [5.74, 6) is -0.300. The number of rotatable bonds is 5. The first kappa shape index (κ1) is 19.8. The molecule has 0 bridgehead atoms. The quantitative estimate of drug-likeness (QED) is 0.484. The molecule has 3 rings (SSSR count). The maximum Gasteiger partial charge on any atom is 0.416 e. The summed E-state index contributed by atoms with van der Waals surface area (Å²) in [5.41, 5.74) is 1.18. The molecule has 3 aromatic carbocycles. The highest BCUT2D eigenvalue weighted by Crippen LogP contribution is 2.33. The second-order valence-electron chi connectivity index (χ2n) is 5.94. The number of hydrogen-bond acceptors (Lipinski definition) is 3. The Morgan fingerprint density at radius 3 is 2.29 bits per heavy atom. The first-order valence-corrected chi connectivity index (χ1v) is 9.58. The summed E-state index contributed by atoms with van der Waals surface area (Å²) in [6, 6.07) is 19.1. The zero-order chi connectivity index (χ0) is 20.1. The van der Waals surface area contributed by atoms with E-state index in [1.54, 1.807) is 36.4 Å². The minimum atomic E-state index is -4.42. The molecule has 0 unspecified atom stereocenters. The van der Waals surface area contributed by atoms with Gasteiger partial charge in [-0.25, -0.2) is 0 Å². The van der Waals surface area contributed by atoms with E-state index in [0.29, 0.717) is 22.6 Å².